The SMILES string of the molecule is COc1ccc(CCN(CCN)CC(F)(F)F)cc1. The van der Waals surface area contributed by atoms with Crippen molar-refractivity contribution in [2.24, 2.45) is 5.73 Å². The van der Waals surface area contributed by atoms with Crippen molar-refractivity contribution in [2.75, 3.05) is 33.3 Å². The number of alkyl halides is 3. The van der Waals surface area contributed by atoms with Gasteiger partial charge in [-0.1, -0.05) is 12.1 Å². The van der Waals surface area contributed by atoms with Gasteiger partial charge >= 0.3 is 6.18 Å². The van der Waals surface area contributed by atoms with E-state index in [1.807, 2.05) is 12.1 Å². The molecule has 0 aromatic heterocycles. The van der Waals surface area contributed by atoms with E-state index in [4.69, 9.17) is 10.5 Å². The number of nitrogens with two attached hydrogens (primary N) is 1. The first-order valence-electron chi connectivity index (χ1n) is 6.06. The molecule has 0 aliphatic rings. The van der Waals surface area contributed by atoms with Crippen LogP contribution in [0.15, 0.2) is 24.3 Å². The fourth-order valence-electron chi connectivity index (χ4n) is 1.79. The Bertz CT molecular complexity index is 365. The summed E-state index contributed by atoms with van der Waals surface area (Å²) >= 11 is 0. The van der Waals surface area contributed by atoms with E-state index in [0.29, 0.717) is 13.0 Å². The summed E-state index contributed by atoms with van der Waals surface area (Å²) in [5.74, 6) is 0.734. The maximum absolute atomic E-state index is 12.4. The normalized spacial score (nSPS) is 11.9. The minimum atomic E-state index is -4.19. The van der Waals surface area contributed by atoms with Crippen LogP contribution >= 0.6 is 0 Å². The van der Waals surface area contributed by atoms with Crippen molar-refractivity contribution in [3.8, 4) is 5.75 Å². The third kappa shape index (κ3) is 6.45. The van der Waals surface area contributed by atoms with Crippen molar-refractivity contribution >= 4 is 0 Å². The van der Waals surface area contributed by atoms with Gasteiger partial charge < -0.3 is 10.5 Å². The van der Waals surface area contributed by atoms with Gasteiger partial charge in [0.1, 0.15) is 5.75 Å². The molecule has 0 saturated carbocycles. The third-order valence-electron chi connectivity index (χ3n) is 2.72. The summed E-state index contributed by atoms with van der Waals surface area (Å²) in [6.45, 7) is -0.113. The highest BCUT2D eigenvalue weighted by Crippen LogP contribution is 2.17. The minimum Gasteiger partial charge on any atom is -0.497 e. The van der Waals surface area contributed by atoms with Gasteiger partial charge in [0.15, 0.2) is 0 Å². The second-order valence-corrected chi connectivity index (χ2v) is 4.28. The van der Waals surface area contributed by atoms with Crippen molar-refractivity contribution < 1.29 is 17.9 Å². The molecule has 0 aliphatic carbocycles. The summed E-state index contributed by atoms with van der Waals surface area (Å²) < 4.78 is 42.1. The monoisotopic (exact) mass is 276 g/mol. The molecule has 0 saturated heterocycles. The maximum Gasteiger partial charge on any atom is 0.401 e. The molecule has 6 heteroatoms. The van der Waals surface area contributed by atoms with Crippen molar-refractivity contribution in [1.82, 2.24) is 4.90 Å². The van der Waals surface area contributed by atoms with Crippen LogP contribution in [0.25, 0.3) is 0 Å². The fraction of sp³-hybridized carbons (Fsp3) is 0.538. The number of ether oxygens (including phenoxy) is 1. The molecule has 0 radical (unpaired) electrons. The lowest BCUT2D eigenvalue weighted by molar-refractivity contribution is -0.145. The summed E-state index contributed by atoms with van der Waals surface area (Å²) in [7, 11) is 1.57. The zero-order valence-corrected chi connectivity index (χ0v) is 10.9. The molecule has 2 N–H and O–H groups in total. The van der Waals surface area contributed by atoms with Gasteiger partial charge in [-0.05, 0) is 24.1 Å². The Morgan fingerprint density at radius 3 is 2.26 bits per heavy atom. The summed E-state index contributed by atoms with van der Waals surface area (Å²) in [5, 5.41) is 0. The minimum absolute atomic E-state index is 0.221. The molecule has 19 heavy (non-hydrogen) atoms. The van der Waals surface area contributed by atoms with Gasteiger partial charge in [-0.2, -0.15) is 13.2 Å². The molecule has 0 amide bonds. The fourth-order valence-corrected chi connectivity index (χ4v) is 1.79. The third-order valence-corrected chi connectivity index (χ3v) is 2.72. The van der Waals surface area contributed by atoms with E-state index in [1.54, 1.807) is 19.2 Å². The Balaban J connectivity index is 2.50. The molecule has 3 nitrogen and oxygen atoms in total. The van der Waals surface area contributed by atoms with Crippen molar-refractivity contribution in [3.63, 3.8) is 0 Å². The van der Waals surface area contributed by atoms with Gasteiger partial charge in [-0.25, -0.2) is 0 Å². The first-order chi connectivity index (χ1) is 8.94. The molecule has 0 spiro atoms. The Morgan fingerprint density at radius 2 is 1.79 bits per heavy atom. The van der Waals surface area contributed by atoms with Crippen LogP contribution < -0.4 is 10.5 Å². The van der Waals surface area contributed by atoms with Crippen LogP contribution in [0, 0.1) is 0 Å². The van der Waals surface area contributed by atoms with Crippen LogP contribution in [-0.2, 0) is 6.42 Å². The van der Waals surface area contributed by atoms with Crippen LogP contribution in [0.3, 0.4) is 0 Å². The van der Waals surface area contributed by atoms with E-state index < -0.39 is 12.7 Å². The van der Waals surface area contributed by atoms with Gasteiger partial charge in [-0.15, -0.1) is 0 Å². The number of methoxy groups -OCH3 is 1. The summed E-state index contributed by atoms with van der Waals surface area (Å²) in [5.41, 5.74) is 6.31. The lowest BCUT2D eigenvalue weighted by Gasteiger charge is -2.22. The number of halogens is 3. The van der Waals surface area contributed by atoms with E-state index in [9.17, 15) is 13.2 Å². The van der Waals surface area contributed by atoms with Crippen LogP contribution in [0.4, 0.5) is 13.2 Å². The molecule has 0 bridgehead atoms. The maximum atomic E-state index is 12.4. The molecular weight excluding hydrogens is 257 g/mol. The standard InChI is InChI=1S/C13H19F3N2O/c1-19-12-4-2-11(3-5-12)6-8-18(9-7-17)10-13(14,15)16/h2-5H,6-10,17H2,1H3. The summed E-state index contributed by atoms with van der Waals surface area (Å²) in [6, 6.07) is 7.30. The molecule has 1 aromatic rings. The average Bonchev–Trinajstić information content (AvgIpc) is 2.35. The molecule has 0 heterocycles. The predicted octanol–water partition coefficient (Wildman–Crippen LogP) is 2.06. The van der Waals surface area contributed by atoms with Gasteiger partial charge in [0, 0.05) is 19.6 Å². The van der Waals surface area contributed by atoms with E-state index in [0.717, 1.165) is 11.3 Å². The lowest BCUT2D eigenvalue weighted by atomic mass is 10.1. The Kier molecular flexibility index (Phi) is 6.11. The Morgan fingerprint density at radius 1 is 1.16 bits per heavy atom. The summed E-state index contributed by atoms with van der Waals surface area (Å²) in [6.07, 6.45) is -3.63. The highest BCUT2D eigenvalue weighted by atomic mass is 19.4. The van der Waals surface area contributed by atoms with E-state index >= 15 is 0 Å². The van der Waals surface area contributed by atoms with E-state index in [2.05, 4.69) is 0 Å². The van der Waals surface area contributed by atoms with Crippen LogP contribution in [0.2, 0.25) is 0 Å². The second-order valence-electron chi connectivity index (χ2n) is 4.28. The molecule has 108 valence electrons. The Labute approximate surface area is 111 Å². The number of rotatable bonds is 7. The predicted molar refractivity (Wildman–Crippen MR) is 68.2 cm³/mol. The lowest BCUT2D eigenvalue weighted by Crippen LogP contribution is -2.38. The van der Waals surface area contributed by atoms with Gasteiger partial charge in [-0.3, -0.25) is 4.90 Å². The quantitative estimate of drug-likeness (QED) is 0.828. The van der Waals surface area contributed by atoms with E-state index in [-0.39, 0.29) is 13.1 Å². The molecule has 0 fully saturated rings. The van der Waals surface area contributed by atoms with Crippen LogP contribution in [-0.4, -0.2) is 44.4 Å². The molecule has 0 unspecified atom stereocenters. The topological polar surface area (TPSA) is 38.5 Å². The molecule has 0 aliphatic heterocycles. The van der Waals surface area contributed by atoms with E-state index in [1.165, 1.54) is 4.90 Å². The largest absolute Gasteiger partial charge is 0.497 e. The average molecular weight is 276 g/mol. The second kappa shape index (κ2) is 7.35. The number of nitrogens with zero attached hydrogens (tertiary/aromatic N) is 1. The van der Waals surface area contributed by atoms with Gasteiger partial charge in [0.05, 0.1) is 13.7 Å². The van der Waals surface area contributed by atoms with Crippen molar-refractivity contribution in [3.05, 3.63) is 29.8 Å². The van der Waals surface area contributed by atoms with Gasteiger partial charge in [0.2, 0.25) is 0 Å². The summed E-state index contributed by atoms with van der Waals surface area (Å²) in [4.78, 5) is 1.32. The van der Waals surface area contributed by atoms with Gasteiger partial charge in [0.25, 0.3) is 0 Å². The van der Waals surface area contributed by atoms with Crippen molar-refractivity contribution in [2.45, 2.75) is 12.6 Å². The molecular formula is C13H19F3N2O. The molecule has 1 aromatic carbocycles. The number of benzene rings is 1. The van der Waals surface area contributed by atoms with Crippen molar-refractivity contribution in [1.29, 1.82) is 0 Å². The number of hydrogen-bond acceptors (Lipinski definition) is 3. The number of hydrogen-bond donors (Lipinski definition) is 1. The van der Waals surface area contributed by atoms with Crippen LogP contribution in [0.5, 0.6) is 5.75 Å². The highest BCUT2D eigenvalue weighted by molar-refractivity contribution is 5.27. The zero-order valence-electron chi connectivity index (χ0n) is 10.9. The zero-order chi connectivity index (χ0) is 14.3. The smallest absolute Gasteiger partial charge is 0.401 e. The highest BCUT2D eigenvalue weighted by Gasteiger charge is 2.30. The first kappa shape index (κ1) is 15.8. The molecule has 0 atom stereocenters. The first-order valence-corrected chi connectivity index (χ1v) is 6.06. The molecule has 1 rings (SSSR count). The Hall–Kier alpha value is -1.27. The van der Waals surface area contributed by atoms with Crippen LogP contribution in [0.1, 0.15) is 5.56 Å².